The van der Waals surface area contributed by atoms with Gasteiger partial charge in [0.25, 0.3) is 0 Å². The summed E-state index contributed by atoms with van der Waals surface area (Å²) in [4.78, 5) is 15.0. The van der Waals surface area contributed by atoms with Crippen LogP contribution in [-0.4, -0.2) is 5.78 Å². The van der Waals surface area contributed by atoms with E-state index < -0.39 is 0 Å². The normalized spacial score (nSPS) is 9.83. The Bertz CT molecular complexity index is 266. The third-order valence-corrected chi connectivity index (χ3v) is 1.60. The molecule has 0 amide bonds. The average Bonchev–Trinajstić information content (AvgIpc) is 2.06. The largest absolute Gasteiger partial charge is 0.295 e. The van der Waals surface area contributed by atoms with Crippen LogP contribution >= 0.6 is 0 Å². The molecule has 1 rings (SSSR count). The van der Waals surface area contributed by atoms with E-state index >= 15 is 0 Å². The highest BCUT2D eigenvalue weighted by Crippen LogP contribution is 2.05. The molecule has 1 aromatic carbocycles. The van der Waals surface area contributed by atoms with E-state index in [-0.39, 0.29) is 12.4 Å². The van der Waals surface area contributed by atoms with E-state index in [1.54, 1.807) is 24.3 Å². The van der Waals surface area contributed by atoms with Crippen LogP contribution in [0.2, 0.25) is 0 Å². The molecule has 0 aliphatic carbocycles. The molecule has 0 saturated heterocycles. The lowest BCUT2D eigenvalue weighted by Gasteiger charge is -1.98. The van der Waals surface area contributed by atoms with Crippen molar-refractivity contribution in [2.24, 2.45) is 0 Å². The van der Waals surface area contributed by atoms with Crippen molar-refractivity contribution in [1.29, 1.82) is 0 Å². The minimum Gasteiger partial charge on any atom is -0.295 e. The number of carbonyl (C=O) groups is 1. The lowest BCUT2D eigenvalue weighted by Crippen LogP contribution is -1.93. The first-order valence-corrected chi connectivity index (χ1v) is 3.62. The summed E-state index contributed by atoms with van der Waals surface area (Å²) >= 11 is 0. The molecule has 1 aromatic rings. The lowest BCUT2D eigenvalue weighted by atomic mass is 10.1. The van der Waals surface area contributed by atoms with E-state index in [9.17, 15) is 4.79 Å². The Labute approximate surface area is 71.1 Å². The van der Waals surface area contributed by atoms with Gasteiger partial charge in [0, 0.05) is 5.56 Å². The topological polar surface area (TPSA) is 50.1 Å². The van der Waals surface area contributed by atoms with Crippen molar-refractivity contribution >= 4 is 5.78 Å². The van der Waals surface area contributed by atoms with E-state index in [4.69, 9.17) is 5.90 Å². The molecule has 0 bridgehead atoms. The molecule has 0 fully saturated rings. The summed E-state index contributed by atoms with van der Waals surface area (Å²) in [6.07, 6.45) is 0. The molecular formula is C9H10NO2. The minimum atomic E-state index is 0.0494. The van der Waals surface area contributed by atoms with Crippen molar-refractivity contribution in [2.75, 3.05) is 0 Å². The molecule has 0 aliphatic heterocycles. The summed E-state index contributed by atoms with van der Waals surface area (Å²) in [5.41, 5.74) is 1.58. The number of hydrogen-bond acceptors (Lipinski definition) is 2. The van der Waals surface area contributed by atoms with Crippen LogP contribution in [0.25, 0.3) is 0 Å². The first kappa shape index (κ1) is 8.90. The maximum Gasteiger partial charge on any atom is 0.159 e. The van der Waals surface area contributed by atoms with Crippen molar-refractivity contribution in [2.45, 2.75) is 13.5 Å². The molecule has 0 aliphatic rings. The molecule has 3 nitrogen and oxygen atoms in total. The highest BCUT2D eigenvalue weighted by atomic mass is 16.6. The Balaban J connectivity index is 2.78. The van der Waals surface area contributed by atoms with Crippen molar-refractivity contribution in [1.82, 2.24) is 5.90 Å². The van der Waals surface area contributed by atoms with Gasteiger partial charge in [0.2, 0.25) is 0 Å². The number of carbonyl (C=O) groups excluding carboxylic acids is 1. The predicted molar refractivity (Wildman–Crippen MR) is 44.3 cm³/mol. The van der Waals surface area contributed by atoms with Crippen molar-refractivity contribution in [3.05, 3.63) is 35.4 Å². The molecule has 0 atom stereocenters. The maximum atomic E-state index is 10.8. The SMILES string of the molecule is CC(=O)c1ccc(CO[NH])cc1. The van der Waals surface area contributed by atoms with Crippen molar-refractivity contribution in [3.8, 4) is 0 Å². The van der Waals surface area contributed by atoms with E-state index in [0.29, 0.717) is 5.56 Å². The summed E-state index contributed by atoms with van der Waals surface area (Å²) in [7, 11) is 0. The van der Waals surface area contributed by atoms with E-state index in [1.165, 1.54) is 6.92 Å². The predicted octanol–water partition coefficient (Wildman–Crippen LogP) is 1.60. The monoisotopic (exact) mass is 164 g/mol. The number of ketones is 1. The number of nitrogens with one attached hydrogen (secondary N) is 1. The van der Waals surface area contributed by atoms with Crippen molar-refractivity contribution < 1.29 is 9.63 Å². The van der Waals surface area contributed by atoms with Gasteiger partial charge < -0.3 is 0 Å². The summed E-state index contributed by atoms with van der Waals surface area (Å²) in [5, 5.41) is 0. The van der Waals surface area contributed by atoms with Crippen LogP contribution in [-0.2, 0) is 11.4 Å². The standard InChI is InChI=1S/C9H10NO2/c1-7(11)9-4-2-8(3-5-9)6-12-10/h2-5,10H,6H2,1H3. The van der Waals surface area contributed by atoms with Crippen LogP contribution in [0.15, 0.2) is 24.3 Å². The first-order chi connectivity index (χ1) is 5.74. The van der Waals surface area contributed by atoms with Gasteiger partial charge in [0.15, 0.2) is 5.78 Å². The smallest absolute Gasteiger partial charge is 0.159 e. The molecule has 0 aromatic heterocycles. The molecule has 3 heteroatoms. The Kier molecular flexibility index (Phi) is 2.96. The third kappa shape index (κ3) is 2.15. The summed E-state index contributed by atoms with van der Waals surface area (Å²) in [6.45, 7) is 1.79. The average molecular weight is 164 g/mol. The zero-order valence-electron chi connectivity index (χ0n) is 6.83. The van der Waals surface area contributed by atoms with Gasteiger partial charge >= 0.3 is 0 Å². The fourth-order valence-corrected chi connectivity index (χ4v) is 0.919. The molecule has 63 valence electrons. The molecule has 12 heavy (non-hydrogen) atoms. The second-order valence-corrected chi connectivity index (χ2v) is 2.54. The van der Waals surface area contributed by atoms with Crippen LogP contribution < -0.4 is 5.90 Å². The van der Waals surface area contributed by atoms with Gasteiger partial charge in [-0.1, -0.05) is 24.3 Å². The molecular weight excluding hydrogens is 154 g/mol. The molecule has 0 spiro atoms. The third-order valence-electron chi connectivity index (χ3n) is 1.60. The molecule has 1 N–H and O–H groups in total. The summed E-state index contributed by atoms with van der Waals surface area (Å²) in [5.74, 6) is 6.56. The Morgan fingerprint density at radius 3 is 2.42 bits per heavy atom. The second kappa shape index (κ2) is 3.99. The molecule has 0 heterocycles. The second-order valence-electron chi connectivity index (χ2n) is 2.54. The fraction of sp³-hybridized carbons (Fsp3) is 0.222. The summed E-state index contributed by atoms with van der Waals surface area (Å²) in [6, 6.07) is 7.03. The number of Topliss-reactive ketones (excluding diaryl/α,β-unsaturated/α-hetero) is 1. The lowest BCUT2D eigenvalue weighted by molar-refractivity contribution is 0.101. The Morgan fingerprint density at radius 1 is 1.42 bits per heavy atom. The highest BCUT2D eigenvalue weighted by Gasteiger charge is 1.97. The van der Waals surface area contributed by atoms with Gasteiger partial charge in [-0.05, 0) is 12.5 Å². The van der Waals surface area contributed by atoms with Gasteiger partial charge in [0.1, 0.15) is 0 Å². The van der Waals surface area contributed by atoms with E-state index in [0.717, 1.165) is 5.56 Å². The molecule has 0 saturated carbocycles. The highest BCUT2D eigenvalue weighted by molar-refractivity contribution is 5.93. The van der Waals surface area contributed by atoms with Crippen LogP contribution in [0.5, 0.6) is 0 Å². The Morgan fingerprint density at radius 2 is 2.00 bits per heavy atom. The zero-order chi connectivity index (χ0) is 8.97. The van der Waals surface area contributed by atoms with Gasteiger partial charge in [-0.2, -0.15) is 0 Å². The number of hydrogen-bond donors (Lipinski definition) is 0. The minimum absolute atomic E-state index is 0.0494. The van der Waals surface area contributed by atoms with Gasteiger partial charge in [-0.25, -0.2) is 0 Å². The van der Waals surface area contributed by atoms with Crippen LogP contribution in [0.3, 0.4) is 0 Å². The molecule has 1 radical (unpaired) electrons. The Hall–Kier alpha value is -1.19. The van der Waals surface area contributed by atoms with Crippen LogP contribution in [0.1, 0.15) is 22.8 Å². The maximum absolute atomic E-state index is 10.8. The zero-order valence-corrected chi connectivity index (χ0v) is 6.83. The van der Waals surface area contributed by atoms with E-state index in [2.05, 4.69) is 4.84 Å². The quantitative estimate of drug-likeness (QED) is 0.503. The van der Waals surface area contributed by atoms with Gasteiger partial charge in [0.05, 0.1) is 6.61 Å². The number of rotatable bonds is 3. The van der Waals surface area contributed by atoms with Gasteiger partial charge in [-0.15, -0.1) is 5.90 Å². The van der Waals surface area contributed by atoms with Crippen LogP contribution in [0, 0.1) is 0 Å². The van der Waals surface area contributed by atoms with E-state index in [1.807, 2.05) is 0 Å². The summed E-state index contributed by atoms with van der Waals surface area (Å²) < 4.78 is 0. The number of benzene rings is 1. The van der Waals surface area contributed by atoms with Crippen LogP contribution in [0.4, 0.5) is 0 Å². The first-order valence-electron chi connectivity index (χ1n) is 3.62. The molecule has 0 unspecified atom stereocenters. The fourth-order valence-electron chi connectivity index (χ4n) is 0.919. The van der Waals surface area contributed by atoms with Gasteiger partial charge in [-0.3, -0.25) is 9.63 Å². The van der Waals surface area contributed by atoms with Crippen molar-refractivity contribution in [3.63, 3.8) is 0 Å².